The third kappa shape index (κ3) is 3.29. The van der Waals surface area contributed by atoms with Gasteiger partial charge in [-0.2, -0.15) is 0 Å². The van der Waals surface area contributed by atoms with Crippen LogP contribution in [0.3, 0.4) is 0 Å². The molecule has 1 aromatic rings. The van der Waals surface area contributed by atoms with Crippen molar-refractivity contribution in [1.82, 2.24) is 10.3 Å². The largest absolute Gasteiger partial charge is 0.381 e. The third-order valence-electron chi connectivity index (χ3n) is 3.35. The van der Waals surface area contributed by atoms with Gasteiger partial charge in [0.25, 0.3) is 0 Å². The van der Waals surface area contributed by atoms with Crippen LogP contribution in [0.4, 0.5) is 0 Å². The summed E-state index contributed by atoms with van der Waals surface area (Å²) in [6.45, 7) is 0.949. The second-order valence-corrected chi connectivity index (χ2v) is 4.45. The molecule has 1 aliphatic rings. The van der Waals surface area contributed by atoms with E-state index in [0.717, 1.165) is 6.54 Å². The minimum absolute atomic E-state index is 0.485. The molecule has 16 heavy (non-hydrogen) atoms. The van der Waals surface area contributed by atoms with E-state index in [1.165, 1.54) is 31.2 Å². The Balaban J connectivity index is 1.72. The first-order chi connectivity index (χ1) is 7.88. The zero-order valence-electron chi connectivity index (χ0n) is 9.86. The predicted molar refractivity (Wildman–Crippen MR) is 64.1 cm³/mol. The second kappa shape index (κ2) is 5.97. The first-order valence-corrected chi connectivity index (χ1v) is 6.03. The number of rotatable bonds is 4. The van der Waals surface area contributed by atoms with Crippen LogP contribution in [0.25, 0.3) is 0 Å². The van der Waals surface area contributed by atoms with Crippen molar-refractivity contribution in [2.45, 2.75) is 44.4 Å². The lowest BCUT2D eigenvalue weighted by atomic mass is 9.93. The Morgan fingerprint density at radius 2 is 1.94 bits per heavy atom. The fourth-order valence-electron chi connectivity index (χ4n) is 2.27. The van der Waals surface area contributed by atoms with E-state index in [4.69, 9.17) is 4.74 Å². The summed E-state index contributed by atoms with van der Waals surface area (Å²) in [6, 6.07) is 4.78. The Morgan fingerprint density at radius 1 is 1.25 bits per heavy atom. The lowest BCUT2D eigenvalue weighted by Gasteiger charge is -2.28. The van der Waals surface area contributed by atoms with Crippen LogP contribution < -0.4 is 5.32 Å². The average molecular weight is 220 g/mol. The van der Waals surface area contributed by atoms with E-state index in [0.29, 0.717) is 12.1 Å². The average Bonchev–Trinajstić information content (AvgIpc) is 2.38. The predicted octanol–water partition coefficient (Wildman–Crippen LogP) is 2.13. The fourth-order valence-corrected chi connectivity index (χ4v) is 2.27. The number of aromatic nitrogens is 1. The maximum absolute atomic E-state index is 5.37. The lowest BCUT2D eigenvalue weighted by Crippen LogP contribution is -2.34. The Hall–Kier alpha value is -0.930. The van der Waals surface area contributed by atoms with Gasteiger partial charge in [-0.05, 0) is 43.4 Å². The zero-order valence-corrected chi connectivity index (χ0v) is 9.86. The summed E-state index contributed by atoms with van der Waals surface area (Å²) in [6.07, 6.45) is 9.00. The highest BCUT2D eigenvalue weighted by Crippen LogP contribution is 2.20. The van der Waals surface area contributed by atoms with E-state index in [1.54, 1.807) is 0 Å². The molecule has 0 aromatic carbocycles. The topological polar surface area (TPSA) is 34.1 Å². The Morgan fingerprint density at radius 3 is 2.56 bits per heavy atom. The van der Waals surface area contributed by atoms with Gasteiger partial charge in [-0.25, -0.2) is 0 Å². The van der Waals surface area contributed by atoms with Crippen LogP contribution in [0.5, 0.6) is 0 Å². The van der Waals surface area contributed by atoms with Crippen LogP contribution in [-0.2, 0) is 11.3 Å². The first-order valence-electron chi connectivity index (χ1n) is 6.03. The van der Waals surface area contributed by atoms with Crippen molar-refractivity contribution in [2.24, 2.45) is 0 Å². The molecular weight excluding hydrogens is 200 g/mol. The number of pyridine rings is 1. The number of nitrogens with one attached hydrogen (secondary N) is 1. The van der Waals surface area contributed by atoms with Gasteiger partial charge in [-0.3, -0.25) is 4.98 Å². The smallest absolute Gasteiger partial charge is 0.0572 e. The molecule has 3 heteroatoms. The van der Waals surface area contributed by atoms with Crippen LogP contribution in [0.15, 0.2) is 24.5 Å². The molecular formula is C13H20N2O. The number of nitrogens with zero attached hydrogens (tertiary/aromatic N) is 1. The van der Waals surface area contributed by atoms with Gasteiger partial charge in [-0.15, -0.1) is 0 Å². The Kier molecular flexibility index (Phi) is 4.31. The van der Waals surface area contributed by atoms with E-state index in [1.807, 2.05) is 19.5 Å². The van der Waals surface area contributed by atoms with Crippen LogP contribution in [0.2, 0.25) is 0 Å². The van der Waals surface area contributed by atoms with Crippen molar-refractivity contribution < 1.29 is 4.74 Å². The highest BCUT2D eigenvalue weighted by Gasteiger charge is 2.19. The maximum Gasteiger partial charge on any atom is 0.0572 e. The molecule has 1 fully saturated rings. The molecule has 0 atom stereocenters. The molecule has 2 rings (SSSR count). The Labute approximate surface area is 97.2 Å². The van der Waals surface area contributed by atoms with Crippen molar-refractivity contribution in [2.75, 3.05) is 7.11 Å². The molecule has 1 aromatic heterocycles. The van der Waals surface area contributed by atoms with Crippen molar-refractivity contribution in [3.63, 3.8) is 0 Å². The number of methoxy groups -OCH3 is 1. The summed E-state index contributed by atoms with van der Waals surface area (Å²) in [5.41, 5.74) is 1.31. The van der Waals surface area contributed by atoms with Crippen molar-refractivity contribution in [1.29, 1.82) is 0 Å². The van der Waals surface area contributed by atoms with E-state index >= 15 is 0 Å². The van der Waals surface area contributed by atoms with Crippen LogP contribution in [0, 0.1) is 0 Å². The standard InChI is InChI=1S/C13H20N2O/c1-16-13-4-2-12(3-5-13)15-10-11-6-8-14-9-7-11/h6-9,12-13,15H,2-5,10H2,1H3. The summed E-state index contributed by atoms with van der Waals surface area (Å²) >= 11 is 0. The van der Waals surface area contributed by atoms with Crippen LogP contribution >= 0.6 is 0 Å². The van der Waals surface area contributed by atoms with Gasteiger partial charge in [0, 0.05) is 32.1 Å². The van der Waals surface area contributed by atoms with Crippen molar-refractivity contribution in [3.05, 3.63) is 30.1 Å². The zero-order chi connectivity index (χ0) is 11.2. The summed E-state index contributed by atoms with van der Waals surface area (Å²) in [7, 11) is 1.81. The van der Waals surface area contributed by atoms with Crippen LogP contribution in [0.1, 0.15) is 31.2 Å². The highest BCUT2D eigenvalue weighted by molar-refractivity contribution is 5.09. The van der Waals surface area contributed by atoms with E-state index in [-0.39, 0.29) is 0 Å². The normalized spacial score (nSPS) is 25.6. The number of hydrogen-bond acceptors (Lipinski definition) is 3. The van der Waals surface area contributed by atoms with Gasteiger partial charge in [0.1, 0.15) is 0 Å². The fraction of sp³-hybridized carbons (Fsp3) is 0.615. The van der Waals surface area contributed by atoms with Gasteiger partial charge >= 0.3 is 0 Å². The number of hydrogen-bond donors (Lipinski definition) is 1. The van der Waals surface area contributed by atoms with Crippen molar-refractivity contribution >= 4 is 0 Å². The van der Waals surface area contributed by atoms with Gasteiger partial charge in [-0.1, -0.05) is 0 Å². The maximum atomic E-state index is 5.37. The van der Waals surface area contributed by atoms with Gasteiger partial charge < -0.3 is 10.1 Å². The molecule has 0 aliphatic heterocycles. The van der Waals surface area contributed by atoms with Crippen LogP contribution in [-0.4, -0.2) is 24.2 Å². The van der Waals surface area contributed by atoms with Crippen molar-refractivity contribution in [3.8, 4) is 0 Å². The van der Waals surface area contributed by atoms with Gasteiger partial charge in [0.15, 0.2) is 0 Å². The van der Waals surface area contributed by atoms with Gasteiger partial charge in [0.2, 0.25) is 0 Å². The summed E-state index contributed by atoms with van der Waals surface area (Å²) in [5, 5.41) is 3.60. The molecule has 0 saturated heterocycles. The molecule has 0 unspecified atom stereocenters. The molecule has 3 nitrogen and oxygen atoms in total. The van der Waals surface area contributed by atoms with Gasteiger partial charge in [0.05, 0.1) is 6.10 Å². The molecule has 0 spiro atoms. The molecule has 1 saturated carbocycles. The van der Waals surface area contributed by atoms with E-state index in [9.17, 15) is 0 Å². The minimum Gasteiger partial charge on any atom is -0.381 e. The summed E-state index contributed by atoms with van der Waals surface area (Å²) < 4.78 is 5.37. The third-order valence-corrected chi connectivity index (χ3v) is 3.35. The molecule has 0 amide bonds. The first kappa shape index (κ1) is 11.6. The molecule has 1 aliphatic carbocycles. The molecule has 0 bridgehead atoms. The van der Waals surface area contributed by atoms with E-state index < -0.39 is 0 Å². The summed E-state index contributed by atoms with van der Waals surface area (Å²) in [5.74, 6) is 0. The summed E-state index contributed by atoms with van der Waals surface area (Å²) in [4.78, 5) is 4.02. The number of ether oxygens (including phenoxy) is 1. The Bertz CT molecular complexity index is 294. The molecule has 1 heterocycles. The SMILES string of the molecule is COC1CCC(NCc2ccncc2)CC1. The monoisotopic (exact) mass is 220 g/mol. The second-order valence-electron chi connectivity index (χ2n) is 4.45. The lowest BCUT2D eigenvalue weighted by molar-refractivity contribution is 0.0624. The molecule has 88 valence electrons. The van der Waals surface area contributed by atoms with E-state index in [2.05, 4.69) is 22.4 Å². The quantitative estimate of drug-likeness (QED) is 0.844. The highest BCUT2D eigenvalue weighted by atomic mass is 16.5. The molecule has 0 radical (unpaired) electrons. The minimum atomic E-state index is 0.485. The molecule has 1 N–H and O–H groups in total.